The highest BCUT2D eigenvalue weighted by molar-refractivity contribution is 5.87. The van der Waals surface area contributed by atoms with E-state index < -0.39 is 53.8 Å². The number of ether oxygens (including phenoxy) is 3. The third kappa shape index (κ3) is 2.55. The van der Waals surface area contributed by atoms with Gasteiger partial charge in [-0.15, -0.1) is 0 Å². The minimum atomic E-state index is -1.32. The van der Waals surface area contributed by atoms with E-state index in [1.807, 2.05) is 0 Å². The summed E-state index contributed by atoms with van der Waals surface area (Å²) in [4.78, 5) is 46.3. The Balaban J connectivity index is 1.59. The monoisotopic (exact) mass is 337 g/mol. The fraction of sp³-hybridized carbons (Fsp3) is 0.625. The van der Waals surface area contributed by atoms with Crippen LogP contribution in [0.3, 0.4) is 0 Å². The van der Waals surface area contributed by atoms with Gasteiger partial charge in [0.25, 0.3) is 0 Å². The fourth-order valence-electron chi connectivity index (χ4n) is 4.03. The molecule has 6 unspecified atom stereocenters. The van der Waals surface area contributed by atoms with Gasteiger partial charge in [-0.3, -0.25) is 9.59 Å². The molecule has 6 atom stereocenters. The molecule has 2 bridgehead atoms. The smallest absolute Gasteiger partial charge is 0.333 e. The number of fused-ring (bicyclic) bond motifs is 1. The predicted octanol–water partition coefficient (Wildman–Crippen LogP) is -1.03. The molecule has 0 aromatic carbocycles. The lowest BCUT2D eigenvalue weighted by Crippen LogP contribution is -2.47. The number of aliphatic carboxylic acids is 1. The quantitative estimate of drug-likeness (QED) is 0.343. The van der Waals surface area contributed by atoms with Crippen molar-refractivity contribution in [2.45, 2.75) is 32.0 Å². The van der Waals surface area contributed by atoms with Crippen molar-refractivity contribution in [3.63, 3.8) is 0 Å². The second kappa shape index (κ2) is 5.92. The summed E-state index contributed by atoms with van der Waals surface area (Å²) in [7, 11) is 0. The van der Waals surface area contributed by atoms with Crippen LogP contribution in [0.25, 0.3) is 0 Å². The number of hydrogen-bond donors (Lipinski definition) is 0. The van der Waals surface area contributed by atoms with Gasteiger partial charge in [0.2, 0.25) is 0 Å². The first kappa shape index (κ1) is 16.5. The Labute approximate surface area is 137 Å². The number of carboxylic acid groups (broad SMARTS) is 1. The Kier molecular flexibility index (Phi) is 4.06. The van der Waals surface area contributed by atoms with Crippen LogP contribution < -0.4 is 5.11 Å². The number of esters is 3. The molecule has 1 aliphatic heterocycles. The van der Waals surface area contributed by atoms with E-state index in [1.165, 1.54) is 6.92 Å². The van der Waals surface area contributed by atoms with Crippen LogP contribution >= 0.6 is 0 Å². The largest absolute Gasteiger partial charge is 0.550 e. The van der Waals surface area contributed by atoms with Gasteiger partial charge in [-0.2, -0.15) is 0 Å². The highest BCUT2D eigenvalue weighted by atomic mass is 16.6. The SMILES string of the molecule is C=C(C)C(=O)OCCC(=O)OC1C2CC3C1OC(=O)C3C2C(=O)[O-]. The van der Waals surface area contributed by atoms with Crippen molar-refractivity contribution < 1.29 is 38.5 Å². The van der Waals surface area contributed by atoms with Gasteiger partial charge in [0.05, 0.1) is 12.3 Å². The van der Waals surface area contributed by atoms with Gasteiger partial charge in [-0.25, -0.2) is 4.79 Å². The summed E-state index contributed by atoms with van der Waals surface area (Å²) in [5, 5.41) is 11.3. The number of rotatable bonds is 6. The average Bonchev–Trinajstić information content (AvgIpc) is 3.10. The van der Waals surface area contributed by atoms with Crippen molar-refractivity contribution in [3.8, 4) is 0 Å². The second-order valence-corrected chi connectivity index (χ2v) is 6.46. The molecule has 8 heteroatoms. The lowest BCUT2D eigenvalue weighted by molar-refractivity contribution is -0.315. The van der Waals surface area contributed by atoms with Crippen LogP contribution in [-0.2, 0) is 33.4 Å². The van der Waals surface area contributed by atoms with Crippen LogP contribution in [0.1, 0.15) is 19.8 Å². The molecule has 0 N–H and O–H groups in total. The first-order chi connectivity index (χ1) is 11.3. The van der Waals surface area contributed by atoms with E-state index in [1.54, 1.807) is 0 Å². The lowest BCUT2D eigenvalue weighted by Gasteiger charge is -2.31. The molecule has 0 aromatic heterocycles. The molecule has 1 saturated heterocycles. The molecule has 8 nitrogen and oxygen atoms in total. The van der Waals surface area contributed by atoms with E-state index in [0.29, 0.717) is 6.42 Å². The molecule has 0 radical (unpaired) electrons. The number of carboxylic acids is 1. The molecule has 2 aliphatic carbocycles. The van der Waals surface area contributed by atoms with Crippen molar-refractivity contribution in [1.29, 1.82) is 0 Å². The van der Waals surface area contributed by atoms with Crippen molar-refractivity contribution in [2.75, 3.05) is 6.61 Å². The van der Waals surface area contributed by atoms with Crippen LogP contribution in [0.5, 0.6) is 0 Å². The summed E-state index contributed by atoms with van der Waals surface area (Å²) in [5.74, 6) is -5.53. The Morgan fingerprint density at radius 2 is 2.04 bits per heavy atom. The Bertz CT molecular complexity index is 624. The maximum absolute atomic E-state index is 11.9. The van der Waals surface area contributed by atoms with E-state index >= 15 is 0 Å². The van der Waals surface area contributed by atoms with E-state index in [2.05, 4.69) is 6.58 Å². The molecular weight excluding hydrogens is 320 g/mol. The predicted molar refractivity (Wildman–Crippen MR) is 73.7 cm³/mol. The van der Waals surface area contributed by atoms with Gasteiger partial charge in [0.15, 0.2) is 0 Å². The average molecular weight is 337 g/mol. The van der Waals surface area contributed by atoms with Gasteiger partial charge in [0, 0.05) is 29.3 Å². The third-order valence-electron chi connectivity index (χ3n) is 4.97. The Morgan fingerprint density at radius 3 is 2.67 bits per heavy atom. The van der Waals surface area contributed by atoms with Crippen molar-refractivity contribution in [3.05, 3.63) is 12.2 Å². The zero-order valence-electron chi connectivity index (χ0n) is 13.1. The Morgan fingerprint density at radius 1 is 1.33 bits per heavy atom. The zero-order chi connectivity index (χ0) is 17.6. The molecular formula is C16H17O8-. The topological polar surface area (TPSA) is 119 Å². The molecule has 3 fully saturated rings. The van der Waals surface area contributed by atoms with Gasteiger partial charge in [-0.1, -0.05) is 6.58 Å². The van der Waals surface area contributed by atoms with Crippen LogP contribution in [0.2, 0.25) is 0 Å². The molecule has 3 aliphatic rings. The lowest BCUT2D eigenvalue weighted by atomic mass is 9.78. The van der Waals surface area contributed by atoms with E-state index in [4.69, 9.17) is 14.2 Å². The summed E-state index contributed by atoms with van der Waals surface area (Å²) >= 11 is 0. The first-order valence-electron chi connectivity index (χ1n) is 7.74. The molecule has 3 rings (SSSR count). The molecule has 24 heavy (non-hydrogen) atoms. The summed E-state index contributed by atoms with van der Waals surface area (Å²) in [5.41, 5.74) is 0.220. The highest BCUT2D eigenvalue weighted by Gasteiger charge is 2.68. The molecule has 2 saturated carbocycles. The van der Waals surface area contributed by atoms with Gasteiger partial charge >= 0.3 is 17.9 Å². The summed E-state index contributed by atoms with van der Waals surface area (Å²) in [6.07, 6.45) is -1.09. The Hall–Kier alpha value is -2.38. The van der Waals surface area contributed by atoms with Crippen molar-refractivity contribution >= 4 is 23.9 Å². The molecule has 0 aromatic rings. The fourth-order valence-corrected chi connectivity index (χ4v) is 4.03. The van der Waals surface area contributed by atoms with Crippen LogP contribution in [0.4, 0.5) is 0 Å². The van der Waals surface area contributed by atoms with Crippen molar-refractivity contribution in [2.24, 2.45) is 23.7 Å². The minimum absolute atomic E-state index is 0.164. The molecule has 0 spiro atoms. The normalized spacial score (nSPS) is 35.5. The maximum atomic E-state index is 11.9. The van der Waals surface area contributed by atoms with Crippen LogP contribution in [0.15, 0.2) is 12.2 Å². The highest BCUT2D eigenvalue weighted by Crippen LogP contribution is 2.58. The van der Waals surface area contributed by atoms with E-state index in [0.717, 1.165) is 0 Å². The first-order valence-corrected chi connectivity index (χ1v) is 7.74. The number of carbonyl (C=O) groups is 4. The zero-order valence-corrected chi connectivity index (χ0v) is 13.1. The van der Waals surface area contributed by atoms with Crippen LogP contribution in [-0.4, -0.2) is 42.7 Å². The minimum Gasteiger partial charge on any atom is -0.550 e. The number of carbonyl (C=O) groups excluding carboxylic acids is 4. The third-order valence-corrected chi connectivity index (χ3v) is 4.97. The maximum Gasteiger partial charge on any atom is 0.333 e. The standard InChI is InChI=1S/C16H18O8/c1-6(2)15(20)22-4-3-9(17)23-12-7-5-8-11(10(7)14(18)19)16(21)24-13(8)12/h7-8,10-13H,1,3-5H2,2H3,(H,18,19)/p-1. The molecule has 0 amide bonds. The molecule has 1 heterocycles. The van der Waals surface area contributed by atoms with Gasteiger partial charge in [0.1, 0.15) is 18.8 Å². The van der Waals surface area contributed by atoms with Crippen molar-refractivity contribution in [1.82, 2.24) is 0 Å². The van der Waals surface area contributed by atoms with E-state index in [9.17, 15) is 24.3 Å². The van der Waals surface area contributed by atoms with Gasteiger partial charge < -0.3 is 24.1 Å². The van der Waals surface area contributed by atoms with Crippen LogP contribution in [0, 0.1) is 23.7 Å². The van der Waals surface area contributed by atoms with Gasteiger partial charge in [-0.05, 0) is 13.3 Å². The molecule has 130 valence electrons. The summed E-state index contributed by atoms with van der Waals surface area (Å²) < 4.78 is 15.3. The summed E-state index contributed by atoms with van der Waals surface area (Å²) in [6.45, 7) is 4.74. The second-order valence-electron chi connectivity index (χ2n) is 6.46. The van der Waals surface area contributed by atoms with E-state index in [-0.39, 0.29) is 24.5 Å². The number of hydrogen-bond acceptors (Lipinski definition) is 8. The summed E-state index contributed by atoms with van der Waals surface area (Å²) in [6, 6.07) is 0.